The minimum atomic E-state index is -0.673. The summed E-state index contributed by atoms with van der Waals surface area (Å²) in [4.78, 5) is 38.4. The number of carbonyl (C=O) groups is 2. The van der Waals surface area contributed by atoms with Crippen molar-refractivity contribution in [3.63, 3.8) is 0 Å². The predicted octanol–water partition coefficient (Wildman–Crippen LogP) is 2.35. The lowest BCUT2D eigenvalue weighted by Crippen LogP contribution is -2.25. The minimum absolute atomic E-state index is 0.0131. The highest BCUT2D eigenvalue weighted by molar-refractivity contribution is 6.07. The first-order valence-corrected chi connectivity index (χ1v) is 8.69. The van der Waals surface area contributed by atoms with Crippen LogP contribution >= 0.6 is 0 Å². The molecule has 1 saturated carbocycles. The number of hydrogen-bond acceptors (Lipinski definition) is 6. The molecule has 0 spiro atoms. The van der Waals surface area contributed by atoms with Gasteiger partial charge in [-0.15, -0.1) is 0 Å². The Balaban J connectivity index is 1.89. The van der Waals surface area contributed by atoms with Gasteiger partial charge in [-0.1, -0.05) is 19.3 Å². The third kappa shape index (κ3) is 3.78. The maximum atomic E-state index is 12.5. The van der Waals surface area contributed by atoms with Gasteiger partial charge in [0.2, 0.25) is 0 Å². The molecule has 2 heterocycles. The van der Waals surface area contributed by atoms with Gasteiger partial charge >= 0.3 is 0 Å². The second-order valence-corrected chi connectivity index (χ2v) is 6.52. The maximum absolute atomic E-state index is 12.5. The van der Waals surface area contributed by atoms with Crippen LogP contribution in [0.3, 0.4) is 0 Å². The van der Waals surface area contributed by atoms with Gasteiger partial charge in [0.15, 0.2) is 0 Å². The van der Waals surface area contributed by atoms with Gasteiger partial charge in [-0.25, -0.2) is 4.98 Å². The molecule has 1 fully saturated rings. The molecule has 27 heavy (non-hydrogen) atoms. The predicted molar refractivity (Wildman–Crippen MR) is 96.4 cm³/mol. The summed E-state index contributed by atoms with van der Waals surface area (Å²) in [6, 6.07) is 2.51. The minimum Gasteiger partial charge on any atom is -0.364 e. The van der Waals surface area contributed by atoms with E-state index in [1.807, 2.05) is 0 Å². The van der Waals surface area contributed by atoms with E-state index >= 15 is 0 Å². The van der Waals surface area contributed by atoms with E-state index in [-0.39, 0.29) is 28.8 Å². The lowest BCUT2D eigenvalue weighted by atomic mass is 9.95. The molecular formula is C17H20N6O4. The molecule has 10 heteroatoms. The van der Waals surface area contributed by atoms with Crippen molar-refractivity contribution in [2.75, 3.05) is 5.32 Å². The highest BCUT2D eigenvalue weighted by Crippen LogP contribution is 2.32. The van der Waals surface area contributed by atoms with E-state index in [1.54, 1.807) is 11.6 Å². The number of aromatic nitrogens is 3. The number of nitrogens with one attached hydrogen (secondary N) is 1. The summed E-state index contributed by atoms with van der Waals surface area (Å²) >= 11 is 0. The fourth-order valence-electron chi connectivity index (χ4n) is 3.33. The van der Waals surface area contributed by atoms with Gasteiger partial charge < -0.3 is 11.1 Å². The van der Waals surface area contributed by atoms with Crippen LogP contribution in [0.4, 0.5) is 11.4 Å². The molecule has 1 aliphatic rings. The average molecular weight is 372 g/mol. The van der Waals surface area contributed by atoms with Crippen LogP contribution < -0.4 is 11.1 Å². The van der Waals surface area contributed by atoms with Crippen LogP contribution in [0.25, 0.3) is 0 Å². The molecule has 2 amide bonds. The van der Waals surface area contributed by atoms with Crippen molar-refractivity contribution in [1.29, 1.82) is 0 Å². The molecule has 0 aliphatic heterocycles. The Hall–Kier alpha value is -3.30. The number of nitrogens with two attached hydrogens (primary N) is 1. The van der Waals surface area contributed by atoms with E-state index in [2.05, 4.69) is 15.4 Å². The number of aryl methyl sites for hydroxylation is 1. The van der Waals surface area contributed by atoms with Crippen molar-refractivity contribution < 1.29 is 14.5 Å². The molecule has 0 aromatic carbocycles. The first-order valence-electron chi connectivity index (χ1n) is 8.69. The lowest BCUT2D eigenvalue weighted by molar-refractivity contribution is -0.385. The zero-order chi connectivity index (χ0) is 19.6. The first-order chi connectivity index (χ1) is 12.9. The van der Waals surface area contributed by atoms with Crippen molar-refractivity contribution in [2.45, 2.75) is 45.1 Å². The molecule has 0 atom stereocenters. The van der Waals surface area contributed by atoms with E-state index in [0.29, 0.717) is 5.69 Å². The van der Waals surface area contributed by atoms with Crippen molar-refractivity contribution in [2.24, 2.45) is 5.73 Å². The van der Waals surface area contributed by atoms with Crippen molar-refractivity contribution >= 4 is 23.2 Å². The molecule has 0 radical (unpaired) electrons. The second-order valence-electron chi connectivity index (χ2n) is 6.52. The second kappa shape index (κ2) is 7.52. The van der Waals surface area contributed by atoms with E-state index in [0.717, 1.165) is 38.3 Å². The van der Waals surface area contributed by atoms with Crippen molar-refractivity contribution in [3.05, 3.63) is 45.5 Å². The lowest BCUT2D eigenvalue weighted by Gasteiger charge is -2.23. The number of anilines is 1. The van der Waals surface area contributed by atoms with Crippen LogP contribution in [-0.4, -0.2) is 31.5 Å². The number of rotatable bonds is 5. The number of nitro groups is 1. The molecule has 142 valence electrons. The van der Waals surface area contributed by atoms with Gasteiger partial charge in [-0.05, 0) is 25.8 Å². The van der Waals surface area contributed by atoms with E-state index in [1.165, 1.54) is 12.1 Å². The number of nitrogens with zero attached hydrogens (tertiary/aromatic N) is 4. The van der Waals surface area contributed by atoms with E-state index < -0.39 is 16.7 Å². The number of primary amides is 1. The quantitative estimate of drug-likeness (QED) is 0.608. The average Bonchev–Trinajstić information content (AvgIpc) is 2.99. The summed E-state index contributed by atoms with van der Waals surface area (Å²) in [5, 5.41) is 17.8. The SMILES string of the molecule is Cc1nn(C2CCCCC2)c(C(N)=O)c1NC(=O)c1ccc([N+](=O)[O-])cn1. The molecule has 2 aromatic heterocycles. The molecule has 1 aliphatic carbocycles. The van der Waals surface area contributed by atoms with Crippen LogP contribution in [0.15, 0.2) is 18.3 Å². The van der Waals surface area contributed by atoms with Crippen molar-refractivity contribution in [1.82, 2.24) is 14.8 Å². The van der Waals surface area contributed by atoms with Gasteiger partial charge in [0.1, 0.15) is 17.6 Å². The zero-order valence-electron chi connectivity index (χ0n) is 14.8. The summed E-state index contributed by atoms with van der Waals surface area (Å²) in [5.41, 5.74) is 6.22. The molecule has 10 nitrogen and oxygen atoms in total. The highest BCUT2D eigenvalue weighted by atomic mass is 16.6. The number of carbonyl (C=O) groups excluding carboxylic acids is 2. The molecule has 0 bridgehead atoms. The third-order valence-corrected chi connectivity index (χ3v) is 4.67. The Bertz CT molecular complexity index is 884. The molecule has 2 aromatic rings. The summed E-state index contributed by atoms with van der Waals surface area (Å²) in [6.45, 7) is 1.69. The fraction of sp³-hybridized carbons (Fsp3) is 0.412. The Labute approximate surface area is 154 Å². The summed E-state index contributed by atoms with van der Waals surface area (Å²) in [6.07, 6.45) is 6.06. The van der Waals surface area contributed by atoms with Gasteiger partial charge in [-0.2, -0.15) is 5.10 Å². The summed E-state index contributed by atoms with van der Waals surface area (Å²) in [5.74, 6) is -1.27. The molecule has 0 saturated heterocycles. The van der Waals surface area contributed by atoms with Crippen LogP contribution in [-0.2, 0) is 0 Å². The molecule has 3 rings (SSSR count). The topological polar surface area (TPSA) is 146 Å². The van der Waals surface area contributed by atoms with E-state index in [9.17, 15) is 19.7 Å². The summed E-state index contributed by atoms with van der Waals surface area (Å²) < 4.78 is 1.62. The fourth-order valence-corrected chi connectivity index (χ4v) is 3.33. The van der Waals surface area contributed by atoms with Crippen LogP contribution in [0.1, 0.15) is 64.8 Å². The number of pyridine rings is 1. The number of amides is 2. The Morgan fingerprint density at radius 1 is 1.30 bits per heavy atom. The van der Waals surface area contributed by atoms with Gasteiger partial charge in [-0.3, -0.25) is 24.4 Å². The van der Waals surface area contributed by atoms with Gasteiger partial charge in [0, 0.05) is 6.07 Å². The Morgan fingerprint density at radius 2 is 2.00 bits per heavy atom. The number of hydrogen-bond donors (Lipinski definition) is 2. The van der Waals surface area contributed by atoms with Crippen LogP contribution in [0, 0.1) is 17.0 Å². The molecule has 3 N–H and O–H groups in total. The van der Waals surface area contributed by atoms with Crippen LogP contribution in [0.5, 0.6) is 0 Å². The van der Waals surface area contributed by atoms with Crippen LogP contribution in [0.2, 0.25) is 0 Å². The highest BCUT2D eigenvalue weighted by Gasteiger charge is 2.27. The Kier molecular flexibility index (Phi) is 5.15. The summed E-state index contributed by atoms with van der Waals surface area (Å²) in [7, 11) is 0. The monoisotopic (exact) mass is 372 g/mol. The maximum Gasteiger partial charge on any atom is 0.287 e. The normalized spacial score (nSPS) is 14.7. The molecular weight excluding hydrogens is 352 g/mol. The first kappa shape index (κ1) is 18.5. The Morgan fingerprint density at radius 3 is 2.56 bits per heavy atom. The van der Waals surface area contributed by atoms with Gasteiger partial charge in [0.25, 0.3) is 17.5 Å². The smallest absolute Gasteiger partial charge is 0.287 e. The van der Waals surface area contributed by atoms with Crippen molar-refractivity contribution in [3.8, 4) is 0 Å². The largest absolute Gasteiger partial charge is 0.364 e. The molecule has 0 unspecified atom stereocenters. The standard InChI is InChI=1S/C17H20N6O4/c1-10-14(20-17(25)13-8-7-12(9-19-13)23(26)27)15(16(18)24)22(21-10)11-5-3-2-4-6-11/h7-9,11H,2-6H2,1H3,(H2,18,24)(H,20,25). The third-order valence-electron chi connectivity index (χ3n) is 4.67. The van der Waals surface area contributed by atoms with E-state index in [4.69, 9.17) is 5.73 Å². The van der Waals surface area contributed by atoms with Gasteiger partial charge in [0.05, 0.1) is 22.3 Å². The zero-order valence-corrected chi connectivity index (χ0v) is 14.8.